The van der Waals surface area contributed by atoms with Crippen molar-refractivity contribution in [3.8, 4) is 5.75 Å². The molecule has 1 aromatic heterocycles. The first-order valence-corrected chi connectivity index (χ1v) is 8.06. The Hall–Kier alpha value is -2.19. The molecule has 0 bridgehead atoms. The number of benzene rings is 1. The molecular formula is C15H17N3O4S. The van der Waals surface area contributed by atoms with Crippen LogP contribution in [0.5, 0.6) is 5.75 Å². The number of carboxylic acids is 1. The first-order valence-electron chi connectivity index (χ1n) is 7.24. The summed E-state index contributed by atoms with van der Waals surface area (Å²) in [5.74, 6) is -0.322. The number of nitrogens with zero attached hydrogens (tertiary/aromatic N) is 3. The highest BCUT2D eigenvalue weighted by atomic mass is 32.1. The lowest BCUT2D eigenvalue weighted by Crippen LogP contribution is -2.45. The van der Waals surface area contributed by atoms with E-state index in [1.54, 1.807) is 23.5 Å². The molecule has 1 aliphatic heterocycles. The molecule has 23 heavy (non-hydrogen) atoms. The minimum absolute atomic E-state index is 0.0629. The van der Waals surface area contributed by atoms with Crippen molar-refractivity contribution >= 4 is 22.4 Å². The minimum Gasteiger partial charge on any atom is -0.491 e. The lowest BCUT2D eigenvalue weighted by atomic mass is 10.2. The molecule has 8 heteroatoms. The van der Waals surface area contributed by atoms with Crippen LogP contribution in [0.4, 0.5) is 5.13 Å². The van der Waals surface area contributed by atoms with Gasteiger partial charge in [-0.2, -0.15) is 0 Å². The Bertz CT molecular complexity index is 674. The van der Waals surface area contributed by atoms with E-state index < -0.39 is 5.97 Å². The highest BCUT2D eigenvalue weighted by Crippen LogP contribution is 2.22. The lowest BCUT2D eigenvalue weighted by Gasteiger charge is -2.32. The summed E-state index contributed by atoms with van der Waals surface area (Å²) in [5.41, 5.74) is 0.240. The van der Waals surface area contributed by atoms with Gasteiger partial charge >= 0.3 is 5.97 Å². The highest BCUT2D eigenvalue weighted by molar-refractivity contribution is 7.15. The fraction of sp³-hybridized carbons (Fsp3) is 0.400. The molecule has 0 aliphatic carbocycles. The molecule has 1 atom stereocenters. The Balaban J connectivity index is 1.54. The topological polar surface area (TPSA) is 84.8 Å². The van der Waals surface area contributed by atoms with E-state index in [2.05, 4.69) is 15.1 Å². The molecule has 1 saturated heterocycles. The van der Waals surface area contributed by atoms with E-state index in [9.17, 15) is 4.79 Å². The van der Waals surface area contributed by atoms with Crippen LogP contribution in [0.25, 0.3) is 0 Å². The Labute approximate surface area is 137 Å². The van der Waals surface area contributed by atoms with Crippen molar-refractivity contribution in [3.05, 3.63) is 34.8 Å². The Morgan fingerprint density at radius 1 is 1.43 bits per heavy atom. The number of aromatic nitrogens is 2. The van der Waals surface area contributed by atoms with Crippen molar-refractivity contribution in [2.45, 2.75) is 13.0 Å². The average molecular weight is 335 g/mol. The first kappa shape index (κ1) is 15.7. The summed E-state index contributed by atoms with van der Waals surface area (Å²) in [4.78, 5) is 13.0. The second kappa shape index (κ2) is 6.93. The molecule has 3 rings (SSSR count). The van der Waals surface area contributed by atoms with Gasteiger partial charge in [0.25, 0.3) is 0 Å². The average Bonchev–Trinajstić information content (AvgIpc) is 3.00. The molecule has 0 amide bonds. The molecule has 2 aromatic rings. The van der Waals surface area contributed by atoms with Gasteiger partial charge in [0.05, 0.1) is 12.2 Å². The van der Waals surface area contributed by atoms with E-state index in [-0.39, 0.29) is 11.7 Å². The van der Waals surface area contributed by atoms with Crippen LogP contribution in [0.1, 0.15) is 15.4 Å². The SMILES string of the molecule is Cc1nnc(N2CCOC(COc3ccc(C(=O)O)cc3)C2)s1. The normalized spacial score (nSPS) is 18.0. The fourth-order valence-electron chi connectivity index (χ4n) is 2.29. The number of aromatic carboxylic acids is 1. The molecule has 1 fully saturated rings. The summed E-state index contributed by atoms with van der Waals surface area (Å²) >= 11 is 1.57. The number of rotatable bonds is 5. The zero-order valence-corrected chi connectivity index (χ0v) is 13.5. The summed E-state index contributed by atoms with van der Waals surface area (Å²) in [6.45, 7) is 4.44. The van der Waals surface area contributed by atoms with Crippen LogP contribution in [0.15, 0.2) is 24.3 Å². The number of ether oxygens (including phenoxy) is 2. The summed E-state index contributed by atoms with van der Waals surface area (Å²) in [6.07, 6.45) is -0.0629. The molecule has 1 unspecified atom stereocenters. The van der Waals surface area contributed by atoms with E-state index in [0.717, 1.165) is 16.7 Å². The maximum atomic E-state index is 10.8. The van der Waals surface area contributed by atoms with Crippen LogP contribution in [0.2, 0.25) is 0 Å². The number of carbonyl (C=O) groups is 1. The standard InChI is InChI=1S/C15H17N3O4S/c1-10-16-17-15(23-10)18-6-7-21-13(8-18)9-22-12-4-2-11(3-5-12)14(19)20/h2-5,13H,6-9H2,1H3,(H,19,20). The maximum absolute atomic E-state index is 10.8. The van der Waals surface area contributed by atoms with Crippen molar-refractivity contribution < 1.29 is 19.4 Å². The summed E-state index contributed by atoms with van der Waals surface area (Å²) in [6, 6.07) is 6.35. The third-order valence-electron chi connectivity index (χ3n) is 3.46. The van der Waals surface area contributed by atoms with Crippen molar-refractivity contribution in [1.82, 2.24) is 10.2 Å². The number of morpholine rings is 1. The number of aryl methyl sites for hydroxylation is 1. The summed E-state index contributed by atoms with van der Waals surface area (Å²) < 4.78 is 11.4. The lowest BCUT2D eigenvalue weighted by molar-refractivity contribution is 0.0102. The number of carboxylic acid groups (broad SMARTS) is 1. The van der Waals surface area contributed by atoms with Gasteiger partial charge in [0.2, 0.25) is 5.13 Å². The molecule has 1 aromatic carbocycles. The van der Waals surface area contributed by atoms with Gasteiger partial charge in [-0.3, -0.25) is 0 Å². The predicted molar refractivity (Wildman–Crippen MR) is 85.5 cm³/mol. The Kier molecular flexibility index (Phi) is 4.73. The summed E-state index contributed by atoms with van der Waals surface area (Å²) in [5, 5.41) is 18.9. The second-order valence-electron chi connectivity index (χ2n) is 5.18. The predicted octanol–water partition coefficient (Wildman–Crippen LogP) is 1.83. The van der Waals surface area contributed by atoms with E-state index in [1.165, 1.54) is 12.1 Å². The van der Waals surface area contributed by atoms with Gasteiger partial charge in [0.15, 0.2) is 0 Å². The van der Waals surface area contributed by atoms with Crippen molar-refractivity contribution in [2.75, 3.05) is 31.2 Å². The van der Waals surface area contributed by atoms with Crippen LogP contribution >= 0.6 is 11.3 Å². The van der Waals surface area contributed by atoms with E-state index >= 15 is 0 Å². The molecule has 1 aliphatic rings. The molecule has 0 spiro atoms. The zero-order chi connectivity index (χ0) is 16.2. The Morgan fingerprint density at radius 2 is 2.22 bits per heavy atom. The van der Waals surface area contributed by atoms with Crippen LogP contribution in [0.3, 0.4) is 0 Å². The second-order valence-corrected chi connectivity index (χ2v) is 6.34. The number of anilines is 1. The van der Waals surface area contributed by atoms with Crippen LogP contribution in [-0.2, 0) is 4.74 Å². The minimum atomic E-state index is -0.949. The largest absolute Gasteiger partial charge is 0.491 e. The van der Waals surface area contributed by atoms with Crippen LogP contribution in [-0.4, -0.2) is 53.7 Å². The third-order valence-corrected chi connectivity index (χ3v) is 4.36. The van der Waals surface area contributed by atoms with Gasteiger partial charge in [-0.05, 0) is 31.2 Å². The number of hydrogen-bond acceptors (Lipinski definition) is 7. The quantitative estimate of drug-likeness (QED) is 0.892. The van der Waals surface area contributed by atoms with Gasteiger partial charge in [0, 0.05) is 13.1 Å². The van der Waals surface area contributed by atoms with Gasteiger partial charge in [0.1, 0.15) is 23.5 Å². The molecule has 2 heterocycles. The van der Waals surface area contributed by atoms with Gasteiger partial charge in [-0.1, -0.05) is 11.3 Å². The molecule has 7 nitrogen and oxygen atoms in total. The van der Waals surface area contributed by atoms with Crippen LogP contribution < -0.4 is 9.64 Å². The maximum Gasteiger partial charge on any atom is 0.335 e. The Morgan fingerprint density at radius 3 is 2.87 bits per heavy atom. The molecular weight excluding hydrogens is 318 g/mol. The fourth-order valence-corrected chi connectivity index (χ4v) is 3.01. The van der Waals surface area contributed by atoms with E-state index in [4.69, 9.17) is 14.6 Å². The summed E-state index contributed by atoms with van der Waals surface area (Å²) in [7, 11) is 0. The van der Waals surface area contributed by atoms with Crippen molar-refractivity contribution in [1.29, 1.82) is 0 Å². The van der Waals surface area contributed by atoms with E-state index in [1.807, 2.05) is 6.92 Å². The van der Waals surface area contributed by atoms with Gasteiger partial charge in [-0.25, -0.2) is 4.79 Å². The molecule has 1 N–H and O–H groups in total. The third kappa shape index (κ3) is 3.96. The molecule has 0 saturated carbocycles. The zero-order valence-electron chi connectivity index (χ0n) is 12.6. The van der Waals surface area contributed by atoms with Gasteiger partial charge in [-0.15, -0.1) is 10.2 Å². The highest BCUT2D eigenvalue weighted by Gasteiger charge is 2.23. The van der Waals surface area contributed by atoms with Crippen molar-refractivity contribution in [2.24, 2.45) is 0 Å². The molecule has 122 valence electrons. The van der Waals surface area contributed by atoms with E-state index in [0.29, 0.717) is 25.5 Å². The van der Waals surface area contributed by atoms with Crippen molar-refractivity contribution in [3.63, 3.8) is 0 Å². The monoisotopic (exact) mass is 335 g/mol. The smallest absolute Gasteiger partial charge is 0.335 e. The van der Waals surface area contributed by atoms with Gasteiger partial charge < -0.3 is 19.5 Å². The van der Waals surface area contributed by atoms with Crippen LogP contribution in [0, 0.1) is 6.92 Å². The first-order chi connectivity index (χ1) is 11.1. The molecule has 0 radical (unpaired) electrons. The number of hydrogen-bond donors (Lipinski definition) is 1.